The summed E-state index contributed by atoms with van der Waals surface area (Å²) in [4.78, 5) is 6.83. The van der Waals surface area contributed by atoms with E-state index in [1.54, 1.807) is 0 Å². The molecule has 0 spiro atoms. The predicted molar refractivity (Wildman–Crippen MR) is 112 cm³/mol. The van der Waals surface area contributed by atoms with Crippen molar-refractivity contribution in [1.29, 1.82) is 0 Å². The summed E-state index contributed by atoms with van der Waals surface area (Å²) in [6, 6.07) is 2.23. The van der Waals surface area contributed by atoms with Gasteiger partial charge in [-0.2, -0.15) is 5.10 Å². The summed E-state index contributed by atoms with van der Waals surface area (Å²) in [6.45, 7) is 8.39. The van der Waals surface area contributed by atoms with Gasteiger partial charge in [-0.05, 0) is 33.9 Å². The van der Waals surface area contributed by atoms with Crippen LogP contribution in [0.5, 0.6) is 0 Å². The first kappa shape index (κ1) is 21.9. The minimum atomic E-state index is 0.198. The molecule has 0 saturated heterocycles. The van der Waals surface area contributed by atoms with E-state index in [0.717, 1.165) is 43.3 Å². The lowest BCUT2D eigenvalue weighted by Gasteiger charge is -2.24. The number of nitrogens with one attached hydrogen (secondary N) is 2. The Balaban J connectivity index is 2.01. The summed E-state index contributed by atoms with van der Waals surface area (Å²) < 4.78 is 7.31. The summed E-state index contributed by atoms with van der Waals surface area (Å²) >= 11 is 0. The number of aromatic nitrogens is 3. The monoisotopic (exact) mass is 389 g/mol. The zero-order valence-corrected chi connectivity index (χ0v) is 18.1. The zero-order valence-electron chi connectivity index (χ0n) is 18.1. The van der Waals surface area contributed by atoms with Crippen LogP contribution in [0, 0.1) is 0 Å². The first-order chi connectivity index (χ1) is 13.5. The van der Waals surface area contributed by atoms with Crippen molar-refractivity contribution in [2.45, 2.75) is 52.1 Å². The zero-order chi connectivity index (χ0) is 20.5. The first-order valence-electron chi connectivity index (χ1n) is 10.1. The Kier molecular flexibility index (Phi) is 8.50. The second-order valence-corrected chi connectivity index (χ2v) is 7.23. The molecule has 156 valence electrons. The summed E-state index contributed by atoms with van der Waals surface area (Å²) in [5.41, 5.74) is 2.19. The van der Waals surface area contributed by atoms with Gasteiger partial charge in [0.05, 0.1) is 17.9 Å². The third-order valence-electron chi connectivity index (χ3n) is 4.91. The van der Waals surface area contributed by atoms with Crippen molar-refractivity contribution < 1.29 is 4.52 Å². The van der Waals surface area contributed by atoms with Crippen molar-refractivity contribution in [3.8, 4) is 0 Å². The molecule has 0 radical (unpaired) electrons. The van der Waals surface area contributed by atoms with Gasteiger partial charge in [-0.25, -0.2) is 4.99 Å². The lowest BCUT2D eigenvalue weighted by Crippen LogP contribution is -2.41. The molecule has 8 heteroatoms. The van der Waals surface area contributed by atoms with Crippen LogP contribution in [-0.4, -0.2) is 53.0 Å². The Morgan fingerprint density at radius 2 is 2.00 bits per heavy atom. The quantitative estimate of drug-likeness (QED) is 0.480. The molecular weight excluding hydrogens is 354 g/mol. The average molecular weight is 390 g/mol. The van der Waals surface area contributed by atoms with Gasteiger partial charge in [0.1, 0.15) is 6.54 Å². The number of likely N-dealkylation sites (N-methyl/N-ethyl adjacent to an activating group) is 1. The van der Waals surface area contributed by atoms with E-state index in [-0.39, 0.29) is 6.04 Å². The fraction of sp³-hybridized carbons (Fsp3) is 0.650. The minimum Gasteiger partial charge on any atom is -0.359 e. The fourth-order valence-corrected chi connectivity index (χ4v) is 3.21. The van der Waals surface area contributed by atoms with Gasteiger partial charge in [0, 0.05) is 43.9 Å². The Morgan fingerprint density at radius 3 is 2.57 bits per heavy atom. The maximum atomic E-state index is 5.48. The van der Waals surface area contributed by atoms with Gasteiger partial charge < -0.3 is 20.1 Å². The molecule has 1 unspecified atom stereocenters. The molecule has 1 atom stereocenters. The summed E-state index contributed by atoms with van der Waals surface area (Å²) in [7, 11) is 6.07. The highest BCUT2D eigenvalue weighted by Gasteiger charge is 2.17. The van der Waals surface area contributed by atoms with Gasteiger partial charge in [-0.1, -0.05) is 19.0 Å². The van der Waals surface area contributed by atoms with Crippen LogP contribution in [0.3, 0.4) is 0 Å². The molecule has 2 N–H and O–H groups in total. The van der Waals surface area contributed by atoms with Crippen molar-refractivity contribution in [1.82, 2.24) is 30.5 Å². The number of nitrogens with zero attached hydrogens (tertiary/aromatic N) is 5. The van der Waals surface area contributed by atoms with Crippen molar-refractivity contribution in [2.24, 2.45) is 12.0 Å². The van der Waals surface area contributed by atoms with E-state index in [9.17, 15) is 0 Å². The maximum Gasteiger partial charge on any atom is 0.191 e. The number of hydrogen-bond acceptors (Lipinski definition) is 5. The van der Waals surface area contributed by atoms with Crippen LogP contribution in [0.2, 0.25) is 0 Å². The SMILES string of the molecule is CCNC(=NCc1cc(C(CC)CC)no1)NCC(c1cnn(C)c1)N(C)C. The van der Waals surface area contributed by atoms with E-state index >= 15 is 0 Å². The fourth-order valence-electron chi connectivity index (χ4n) is 3.21. The Bertz CT molecular complexity index is 730. The molecular formula is C20H35N7O. The molecule has 0 aromatic carbocycles. The highest BCUT2D eigenvalue weighted by molar-refractivity contribution is 5.79. The average Bonchev–Trinajstić information content (AvgIpc) is 3.30. The molecule has 8 nitrogen and oxygen atoms in total. The van der Waals surface area contributed by atoms with Crippen molar-refractivity contribution in [3.63, 3.8) is 0 Å². The summed E-state index contributed by atoms with van der Waals surface area (Å²) in [5.74, 6) is 2.00. The van der Waals surface area contributed by atoms with Crippen LogP contribution >= 0.6 is 0 Å². The minimum absolute atomic E-state index is 0.198. The first-order valence-corrected chi connectivity index (χ1v) is 10.1. The van der Waals surface area contributed by atoms with Crippen LogP contribution in [0.15, 0.2) is 28.0 Å². The molecule has 0 amide bonds. The maximum absolute atomic E-state index is 5.48. The Hall–Kier alpha value is -2.35. The van der Waals surface area contributed by atoms with Crippen molar-refractivity contribution in [3.05, 3.63) is 35.5 Å². The molecule has 2 aromatic rings. The lowest BCUT2D eigenvalue weighted by molar-refractivity contribution is 0.298. The molecule has 0 aliphatic heterocycles. The number of rotatable bonds is 10. The van der Waals surface area contributed by atoms with Crippen molar-refractivity contribution >= 4 is 5.96 Å². The number of guanidine groups is 1. The van der Waals surface area contributed by atoms with E-state index in [4.69, 9.17) is 4.52 Å². The van der Waals surface area contributed by atoms with E-state index < -0.39 is 0 Å². The molecule has 0 fully saturated rings. The van der Waals surface area contributed by atoms with Gasteiger partial charge in [0.25, 0.3) is 0 Å². The van der Waals surface area contributed by atoms with Crippen LogP contribution in [0.4, 0.5) is 0 Å². The van der Waals surface area contributed by atoms with Crippen LogP contribution in [-0.2, 0) is 13.6 Å². The summed E-state index contributed by atoms with van der Waals surface area (Å²) in [6.07, 6.45) is 6.08. The van der Waals surface area contributed by atoms with Crippen molar-refractivity contribution in [2.75, 3.05) is 27.2 Å². The molecule has 2 rings (SSSR count). The molecule has 2 heterocycles. The number of aliphatic imine (C=N–C) groups is 1. The third kappa shape index (κ3) is 6.09. The number of aryl methyl sites for hydroxylation is 1. The molecule has 0 bridgehead atoms. The molecule has 0 aliphatic rings. The van der Waals surface area contributed by atoms with E-state index in [2.05, 4.69) is 65.6 Å². The molecule has 2 aromatic heterocycles. The topological polar surface area (TPSA) is 83.5 Å². The van der Waals surface area contributed by atoms with Crippen LogP contribution in [0.25, 0.3) is 0 Å². The highest BCUT2D eigenvalue weighted by atomic mass is 16.5. The highest BCUT2D eigenvalue weighted by Crippen LogP contribution is 2.22. The smallest absolute Gasteiger partial charge is 0.191 e. The second kappa shape index (κ2) is 10.8. The van der Waals surface area contributed by atoms with E-state index in [1.165, 1.54) is 5.56 Å². The van der Waals surface area contributed by atoms with E-state index in [1.807, 2.05) is 30.2 Å². The Labute approximate surface area is 168 Å². The number of hydrogen-bond donors (Lipinski definition) is 2. The molecule has 0 saturated carbocycles. The van der Waals surface area contributed by atoms with Gasteiger partial charge in [-0.15, -0.1) is 0 Å². The molecule has 28 heavy (non-hydrogen) atoms. The lowest BCUT2D eigenvalue weighted by atomic mass is 9.99. The van der Waals surface area contributed by atoms with Crippen LogP contribution < -0.4 is 10.6 Å². The van der Waals surface area contributed by atoms with Gasteiger partial charge in [0.2, 0.25) is 0 Å². The van der Waals surface area contributed by atoms with Gasteiger partial charge in [-0.3, -0.25) is 4.68 Å². The third-order valence-corrected chi connectivity index (χ3v) is 4.91. The largest absolute Gasteiger partial charge is 0.359 e. The summed E-state index contributed by atoms with van der Waals surface area (Å²) in [5, 5.41) is 15.2. The van der Waals surface area contributed by atoms with Gasteiger partial charge in [0.15, 0.2) is 11.7 Å². The normalized spacial score (nSPS) is 13.4. The van der Waals surface area contributed by atoms with Crippen LogP contribution in [0.1, 0.15) is 62.6 Å². The predicted octanol–water partition coefficient (Wildman–Crippen LogP) is 2.67. The molecule has 0 aliphatic carbocycles. The second-order valence-electron chi connectivity index (χ2n) is 7.23. The van der Waals surface area contributed by atoms with E-state index in [0.29, 0.717) is 12.5 Å². The Morgan fingerprint density at radius 1 is 1.25 bits per heavy atom. The standard InChI is InChI=1S/C20H35N7O/c1-7-15(8-2)18-10-17(28-25-18)12-22-20(21-9-3)23-13-19(26(4)5)16-11-24-27(6)14-16/h10-11,14-15,19H,7-9,12-13H2,1-6H3,(H2,21,22,23). The van der Waals surface area contributed by atoms with Gasteiger partial charge >= 0.3 is 0 Å².